The van der Waals surface area contributed by atoms with Crippen LogP contribution in [-0.2, 0) is 5.11 Å². The lowest BCUT2D eigenvalue weighted by molar-refractivity contribution is 0.186. The first-order valence-corrected chi connectivity index (χ1v) is 3.89. The van der Waals surface area contributed by atoms with Gasteiger partial charge in [0.1, 0.15) is 0 Å². The average Bonchev–Trinajstić information content (AvgIpc) is 1.96. The number of hydrogen-bond donors (Lipinski definition) is 2. The average molecular weight is 159 g/mol. The molecule has 3 N–H and O–H groups in total. The van der Waals surface area contributed by atoms with Crippen LogP contribution in [0.3, 0.4) is 0 Å². The Morgan fingerprint density at radius 2 is 1.82 bits per heavy atom. The van der Waals surface area contributed by atoms with Crippen molar-refractivity contribution in [3.8, 4) is 0 Å². The largest absolute Gasteiger partial charge is 0.352 e. The van der Waals surface area contributed by atoms with E-state index in [0.717, 1.165) is 25.7 Å². The lowest BCUT2D eigenvalue weighted by Gasteiger charge is -1.99. The SMILES string of the molecule is NC(=O)NCCCCCC[O]. The van der Waals surface area contributed by atoms with Gasteiger partial charge in [-0.3, -0.25) is 0 Å². The van der Waals surface area contributed by atoms with E-state index < -0.39 is 6.03 Å². The van der Waals surface area contributed by atoms with Gasteiger partial charge in [0.25, 0.3) is 0 Å². The Labute approximate surface area is 66.8 Å². The Kier molecular flexibility index (Phi) is 6.82. The molecule has 0 aliphatic carbocycles. The van der Waals surface area contributed by atoms with Gasteiger partial charge in [0.05, 0.1) is 6.61 Å². The van der Waals surface area contributed by atoms with E-state index in [0.29, 0.717) is 6.54 Å². The molecule has 0 aromatic heterocycles. The van der Waals surface area contributed by atoms with Gasteiger partial charge in [-0.05, 0) is 12.8 Å². The Morgan fingerprint density at radius 3 is 2.36 bits per heavy atom. The lowest BCUT2D eigenvalue weighted by atomic mass is 10.2. The minimum atomic E-state index is -0.478. The topological polar surface area (TPSA) is 75.0 Å². The van der Waals surface area contributed by atoms with Crippen LogP contribution in [0.1, 0.15) is 25.7 Å². The molecule has 0 saturated heterocycles. The lowest BCUT2D eigenvalue weighted by Crippen LogP contribution is -2.29. The van der Waals surface area contributed by atoms with Crippen LogP contribution in [-0.4, -0.2) is 19.2 Å². The molecule has 0 rings (SSSR count). The molecule has 2 amide bonds. The molecule has 0 fully saturated rings. The number of urea groups is 1. The van der Waals surface area contributed by atoms with Crippen LogP contribution >= 0.6 is 0 Å². The zero-order valence-electron chi connectivity index (χ0n) is 6.64. The van der Waals surface area contributed by atoms with Gasteiger partial charge in [0, 0.05) is 6.54 Å². The molecule has 0 spiro atoms. The summed E-state index contributed by atoms with van der Waals surface area (Å²) in [7, 11) is 0. The molecule has 11 heavy (non-hydrogen) atoms. The van der Waals surface area contributed by atoms with Crippen molar-refractivity contribution in [1.29, 1.82) is 0 Å². The van der Waals surface area contributed by atoms with Crippen molar-refractivity contribution < 1.29 is 9.90 Å². The number of primary amides is 1. The third-order valence-corrected chi connectivity index (χ3v) is 1.37. The van der Waals surface area contributed by atoms with Gasteiger partial charge in [-0.15, -0.1) is 0 Å². The summed E-state index contributed by atoms with van der Waals surface area (Å²) in [5.41, 5.74) is 4.83. The highest BCUT2D eigenvalue weighted by atomic mass is 16.2. The molecule has 0 unspecified atom stereocenters. The molecular formula is C7H15N2O2. The summed E-state index contributed by atoms with van der Waals surface area (Å²) in [5.74, 6) is 0. The molecule has 0 saturated carbocycles. The second-order valence-corrected chi connectivity index (χ2v) is 2.41. The highest BCUT2D eigenvalue weighted by Gasteiger charge is 1.91. The summed E-state index contributed by atoms with van der Waals surface area (Å²) in [6.07, 6.45) is 3.58. The van der Waals surface area contributed by atoms with E-state index in [1.807, 2.05) is 0 Å². The number of amides is 2. The fourth-order valence-corrected chi connectivity index (χ4v) is 0.792. The van der Waals surface area contributed by atoms with E-state index in [2.05, 4.69) is 5.32 Å². The summed E-state index contributed by atoms with van der Waals surface area (Å²) in [6, 6.07) is -0.478. The number of carbonyl (C=O) groups excluding carboxylic acids is 1. The predicted molar refractivity (Wildman–Crippen MR) is 41.6 cm³/mol. The number of carbonyl (C=O) groups is 1. The quantitative estimate of drug-likeness (QED) is 0.548. The smallest absolute Gasteiger partial charge is 0.312 e. The number of hydrogen-bond acceptors (Lipinski definition) is 1. The van der Waals surface area contributed by atoms with Gasteiger partial charge in [-0.2, -0.15) is 0 Å². The molecule has 0 aromatic rings. The van der Waals surface area contributed by atoms with E-state index in [4.69, 9.17) is 5.73 Å². The summed E-state index contributed by atoms with van der Waals surface area (Å²) in [4.78, 5) is 10.1. The van der Waals surface area contributed by atoms with Crippen LogP contribution in [0.2, 0.25) is 0 Å². The Balaban J connectivity index is 2.85. The fraction of sp³-hybridized carbons (Fsp3) is 0.857. The van der Waals surface area contributed by atoms with Crippen LogP contribution in [0.4, 0.5) is 4.79 Å². The molecule has 0 bridgehead atoms. The highest BCUT2D eigenvalue weighted by Crippen LogP contribution is 1.97. The van der Waals surface area contributed by atoms with E-state index >= 15 is 0 Å². The van der Waals surface area contributed by atoms with Crippen molar-refractivity contribution in [2.24, 2.45) is 5.73 Å². The normalized spacial score (nSPS) is 9.55. The minimum Gasteiger partial charge on any atom is -0.352 e. The summed E-state index contributed by atoms with van der Waals surface area (Å²) >= 11 is 0. The molecule has 0 aromatic carbocycles. The van der Waals surface area contributed by atoms with Crippen LogP contribution < -0.4 is 11.1 Å². The standard InChI is InChI=1S/C7H15N2O2/c8-7(11)9-5-3-1-2-4-6-10/h1-6H2,(H3,8,9,11). The van der Waals surface area contributed by atoms with Crippen molar-refractivity contribution in [1.82, 2.24) is 5.32 Å². The summed E-state index contributed by atoms with van der Waals surface area (Å²) < 4.78 is 0. The van der Waals surface area contributed by atoms with E-state index in [-0.39, 0.29) is 6.61 Å². The zero-order chi connectivity index (χ0) is 8.53. The van der Waals surface area contributed by atoms with E-state index in [9.17, 15) is 9.90 Å². The van der Waals surface area contributed by atoms with Crippen molar-refractivity contribution in [2.75, 3.05) is 13.2 Å². The Bertz CT molecular complexity index is 107. The van der Waals surface area contributed by atoms with Crippen LogP contribution in [0.25, 0.3) is 0 Å². The molecule has 65 valence electrons. The maximum absolute atomic E-state index is 10.1. The zero-order valence-corrected chi connectivity index (χ0v) is 6.64. The number of nitrogens with two attached hydrogens (primary N) is 1. The molecular weight excluding hydrogens is 144 g/mol. The van der Waals surface area contributed by atoms with Gasteiger partial charge in [-0.25, -0.2) is 9.90 Å². The first-order chi connectivity index (χ1) is 5.27. The molecule has 4 heteroatoms. The third kappa shape index (κ3) is 9.23. The fourth-order valence-electron chi connectivity index (χ4n) is 0.792. The maximum Gasteiger partial charge on any atom is 0.312 e. The molecule has 0 aliphatic heterocycles. The molecule has 0 aliphatic rings. The van der Waals surface area contributed by atoms with Crippen molar-refractivity contribution in [3.63, 3.8) is 0 Å². The second kappa shape index (κ2) is 7.34. The molecule has 4 nitrogen and oxygen atoms in total. The van der Waals surface area contributed by atoms with E-state index in [1.165, 1.54) is 0 Å². The van der Waals surface area contributed by atoms with Crippen molar-refractivity contribution in [3.05, 3.63) is 0 Å². The van der Waals surface area contributed by atoms with Crippen LogP contribution in [0, 0.1) is 0 Å². The highest BCUT2D eigenvalue weighted by molar-refractivity contribution is 5.71. The third-order valence-electron chi connectivity index (χ3n) is 1.37. The number of unbranched alkanes of at least 4 members (excludes halogenated alkanes) is 3. The predicted octanol–water partition coefficient (Wildman–Crippen LogP) is 0.646. The minimum absolute atomic E-state index is 0.00322. The van der Waals surface area contributed by atoms with Crippen LogP contribution in [0.15, 0.2) is 0 Å². The van der Waals surface area contributed by atoms with Crippen LogP contribution in [0.5, 0.6) is 0 Å². The molecule has 1 radical (unpaired) electrons. The monoisotopic (exact) mass is 159 g/mol. The van der Waals surface area contributed by atoms with Gasteiger partial charge < -0.3 is 11.1 Å². The summed E-state index contributed by atoms with van der Waals surface area (Å²) in [6.45, 7) is 0.622. The Hall–Kier alpha value is -0.770. The van der Waals surface area contributed by atoms with Gasteiger partial charge in [0.2, 0.25) is 0 Å². The molecule has 0 atom stereocenters. The van der Waals surface area contributed by atoms with Gasteiger partial charge in [-0.1, -0.05) is 12.8 Å². The van der Waals surface area contributed by atoms with Crippen molar-refractivity contribution >= 4 is 6.03 Å². The second-order valence-electron chi connectivity index (χ2n) is 2.41. The first-order valence-electron chi connectivity index (χ1n) is 3.89. The maximum atomic E-state index is 10.1. The molecule has 0 heterocycles. The Morgan fingerprint density at radius 1 is 1.18 bits per heavy atom. The summed E-state index contributed by atoms with van der Waals surface area (Å²) in [5, 5.41) is 12.5. The number of rotatable bonds is 6. The van der Waals surface area contributed by atoms with Gasteiger partial charge in [0.15, 0.2) is 0 Å². The van der Waals surface area contributed by atoms with E-state index in [1.54, 1.807) is 0 Å². The number of nitrogens with one attached hydrogen (secondary N) is 1. The first kappa shape index (κ1) is 10.2. The van der Waals surface area contributed by atoms with Crippen molar-refractivity contribution in [2.45, 2.75) is 25.7 Å². The van der Waals surface area contributed by atoms with Gasteiger partial charge >= 0.3 is 6.03 Å².